The lowest BCUT2D eigenvalue weighted by Gasteiger charge is -2.03. The van der Waals surface area contributed by atoms with Gasteiger partial charge in [-0.05, 0) is 12.1 Å². The first-order valence-corrected chi connectivity index (χ1v) is 5.62. The number of para-hydroxylation sites is 1. The van der Waals surface area contributed by atoms with Crippen LogP contribution in [0.3, 0.4) is 0 Å². The molecule has 1 aliphatic heterocycles. The number of thiocarbonyl (C=S) groups is 1. The van der Waals surface area contributed by atoms with Crippen molar-refractivity contribution in [2.75, 3.05) is 0 Å². The Bertz CT molecular complexity index is 499. The number of rotatable bonds is 1. The van der Waals surface area contributed by atoms with Gasteiger partial charge in [0.05, 0.1) is 4.91 Å². The zero-order valence-corrected chi connectivity index (χ0v) is 9.72. The van der Waals surface area contributed by atoms with Crippen LogP contribution in [-0.4, -0.2) is 20.3 Å². The molecule has 0 bridgehead atoms. The number of hydrogen-bond donors (Lipinski definition) is 2. The Balaban J connectivity index is 2.37. The fourth-order valence-electron chi connectivity index (χ4n) is 1.23. The molecule has 0 aromatic heterocycles. The molecule has 0 radical (unpaired) electrons. The van der Waals surface area contributed by atoms with Gasteiger partial charge >= 0.3 is 0 Å². The van der Waals surface area contributed by atoms with Crippen LogP contribution in [0.2, 0.25) is 0 Å². The van der Waals surface area contributed by atoms with Gasteiger partial charge in [0, 0.05) is 5.56 Å². The standard InChI is InChI=1S/C10H8N2O2S2/c11-12-9(14)8(16-10(12)15)5-6-3-1-2-4-7(6)13/h1-5,13H,11H2/b8-5+. The van der Waals surface area contributed by atoms with E-state index in [1.165, 1.54) is 0 Å². The predicted octanol–water partition coefficient (Wildman–Crippen LogP) is 1.47. The maximum atomic E-state index is 11.6. The van der Waals surface area contributed by atoms with Crippen LogP contribution in [0.25, 0.3) is 6.08 Å². The van der Waals surface area contributed by atoms with E-state index >= 15 is 0 Å². The second-order valence-corrected chi connectivity index (χ2v) is 4.79. The van der Waals surface area contributed by atoms with Crippen LogP contribution in [0.1, 0.15) is 5.56 Å². The molecule has 0 saturated carbocycles. The molecular formula is C10H8N2O2S2. The third kappa shape index (κ3) is 1.95. The Labute approximate surface area is 102 Å². The molecular weight excluding hydrogens is 244 g/mol. The first kappa shape index (κ1) is 11.1. The summed E-state index contributed by atoms with van der Waals surface area (Å²) in [6.07, 6.45) is 1.57. The molecule has 0 spiro atoms. The normalized spacial score (nSPS) is 18.6. The fourth-order valence-corrected chi connectivity index (χ4v) is 2.32. The van der Waals surface area contributed by atoms with Crippen LogP contribution >= 0.6 is 24.0 Å². The van der Waals surface area contributed by atoms with Crippen molar-refractivity contribution in [3.63, 3.8) is 0 Å². The number of benzene rings is 1. The van der Waals surface area contributed by atoms with Crippen LogP contribution in [0.4, 0.5) is 0 Å². The molecule has 1 fully saturated rings. The minimum atomic E-state index is -0.349. The highest BCUT2D eigenvalue weighted by Gasteiger charge is 2.29. The van der Waals surface area contributed by atoms with Gasteiger partial charge in [0.25, 0.3) is 5.91 Å². The molecule has 1 aliphatic rings. The van der Waals surface area contributed by atoms with Gasteiger partial charge in [-0.15, -0.1) is 0 Å². The topological polar surface area (TPSA) is 66.6 Å². The Morgan fingerprint density at radius 2 is 2.12 bits per heavy atom. The van der Waals surface area contributed by atoms with E-state index in [-0.39, 0.29) is 11.7 Å². The summed E-state index contributed by atoms with van der Waals surface area (Å²) in [4.78, 5) is 12.0. The molecule has 1 saturated heterocycles. The van der Waals surface area contributed by atoms with Gasteiger partial charge in [0.15, 0.2) is 4.32 Å². The zero-order valence-electron chi connectivity index (χ0n) is 8.08. The van der Waals surface area contributed by atoms with Gasteiger partial charge in [-0.2, -0.15) is 0 Å². The highest BCUT2D eigenvalue weighted by Crippen LogP contribution is 2.31. The van der Waals surface area contributed by atoms with Crippen molar-refractivity contribution in [1.82, 2.24) is 5.01 Å². The molecule has 16 heavy (non-hydrogen) atoms. The van der Waals surface area contributed by atoms with Gasteiger partial charge in [-0.25, -0.2) is 10.9 Å². The van der Waals surface area contributed by atoms with Crippen LogP contribution in [0.15, 0.2) is 29.2 Å². The molecule has 3 N–H and O–H groups in total. The second-order valence-electron chi connectivity index (χ2n) is 3.11. The average Bonchev–Trinajstić information content (AvgIpc) is 2.50. The number of aromatic hydroxyl groups is 1. The third-order valence-corrected chi connectivity index (χ3v) is 3.38. The minimum Gasteiger partial charge on any atom is -0.507 e. The van der Waals surface area contributed by atoms with Crippen molar-refractivity contribution >= 4 is 40.3 Å². The van der Waals surface area contributed by atoms with Crippen molar-refractivity contribution in [1.29, 1.82) is 0 Å². The molecule has 82 valence electrons. The number of carbonyl (C=O) groups excluding carboxylic acids is 1. The van der Waals surface area contributed by atoms with Crippen molar-refractivity contribution in [2.45, 2.75) is 0 Å². The highest BCUT2D eigenvalue weighted by molar-refractivity contribution is 8.26. The molecule has 1 aromatic rings. The molecule has 1 amide bonds. The Morgan fingerprint density at radius 1 is 1.44 bits per heavy atom. The second kappa shape index (κ2) is 4.25. The lowest BCUT2D eigenvalue weighted by molar-refractivity contribution is -0.122. The van der Waals surface area contributed by atoms with E-state index in [1.807, 2.05) is 0 Å². The SMILES string of the molecule is NN1C(=O)/C(=C\c2ccccc2O)SC1=S. The van der Waals surface area contributed by atoms with Crippen LogP contribution in [-0.2, 0) is 4.79 Å². The largest absolute Gasteiger partial charge is 0.507 e. The quantitative estimate of drug-likeness (QED) is 0.343. The third-order valence-electron chi connectivity index (χ3n) is 2.05. The summed E-state index contributed by atoms with van der Waals surface area (Å²) in [6, 6.07) is 6.74. The number of amides is 1. The van der Waals surface area contributed by atoms with Gasteiger partial charge in [0.2, 0.25) is 0 Å². The summed E-state index contributed by atoms with van der Waals surface area (Å²) in [5, 5.41) is 10.5. The van der Waals surface area contributed by atoms with Gasteiger partial charge in [0.1, 0.15) is 5.75 Å². The van der Waals surface area contributed by atoms with E-state index < -0.39 is 0 Å². The first-order chi connectivity index (χ1) is 7.59. The van der Waals surface area contributed by atoms with E-state index in [4.69, 9.17) is 18.1 Å². The number of carbonyl (C=O) groups is 1. The number of thioether (sulfide) groups is 1. The summed E-state index contributed by atoms with van der Waals surface area (Å²) >= 11 is 6.00. The molecule has 0 atom stereocenters. The summed E-state index contributed by atoms with van der Waals surface area (Å²) in [5.41, 5.74) is 0.566. The van der Waals surface area contributed by atoms with E-state index in [0.29, 0.717) is 14.8 Å². The van der Waals surface area contributed by atoms with Crippen LogP contribution in [0.5, 0.6) is 5.75 Å². The average molecular weight is 252 g/mol. The minimum absolute atomic E-state index is 0.116. The van der Waals surface area contributed by atoms with Gasteiger partial charge in [-0.3, -0.25) is 4.79 Å². The van der Waals surface area contributed by atoms with Crippen molar-refractivity contribution < 1.29 is 9.90 Å². The number of hydrogen-bond acceptors (Lipinski definition) is 5. The van der Waals surface area contributed by atoms with Crippen LogP contribution in [0, 0.1) is 0 Å². The lowest BCUT2D eigenvalue weighted by atomic mass is 10.2. The van der Waals surface area contributed by atoms with Crippen molar-refractivity contribution in [3.8, 4) is 5.75 Å². The number of phenols is 1. The number of hydrazine groups is 1. The highest BCUT2D eigenvalue weighted by atomic mass is 32.2. The number of nitrogens with two attached hydrogens (primary N) is 1. The number of phenolic OH excluding ortho intramolecular Hbond substituents is 1. The maximum absolute atomic E-state index is 11.6. The predicted molar refractivity (Wildman–Crippen MR) is 67.3 cm³/mol. The molecule has 6 heteroatoms. The van der Waals surface area contributed by atoms with Gasteiger partial charge < -0.3 is 5.11 Å². The summed E-state index contributed by atoms with van der Waals surface area (Å²) in [7, 11) is 0. The molecule has 0 unspecified atom stereocenters. The lowest BCUT2D eigenvalue weighted by Crippen LogP contribution is -2.34. The molecule has 1 heterocycles. The van der Waals surface area contributed by atoms with Gasteiger partial charge in [-0.1, -0.05) is 42.2 Å². The smallest absolute Gasteiger partial charge is 0.280 e. The molecule has 0 aliphatic carbocycles. The van der Waals surface area contributed by atoms with Crippen molar-refractivity contribution in [2.24, 2.45) is 5.84 Å². The molecule has 2 rings (SSSR count). The number of nitrogens with zero attached hydrogens (tertiary/aromatic N) is 1. The summed E-state index contributed by atoms with van der Waals surface area (Å²) < 4.78 is 0.312. The van der Waals surface area contributed by atoms with Crippen LogP contribution < -0.4 is 5.84 Å². The van der Waals surface area contributed by atoms with E-state index in [9.17, 15) is 9.90 Å². The summed E-state index contributed by atoms with van der Waals surface area (Å²) in [5.74, 6) is 5.19. The first-order valence-electron chi connectivity index (χ1n) is 4.40. The van der Waals surface area contributed by atoms with Crippen molar-refractivity contribution in [3.05, 3.63) is 34.7 Å². The van der Waals surface area contributed by atoms with E-state index in [1.54, 1.807) is 30.3 Å². The van der Waals surface area contributed by atoms with E-state index in [2.05, 4.69) is 0 Å². The Morgan fingerprint density at radius 3 is 2.69 bits per heavy atom. The summed E-state index contributed by atoms with van der Waals surface area (Å²) in [6.45, 7) is 0. The molecule has 1 aromatic carbocycles. The molecule has 4 nitrogen and oxygen atoms in total. The Hall–Kier alpha value is -1.37. The Kier molecular flexibility index (Phi) is 2.95. The van der Waals surface area contributed by atoms with E-state index in [0.717, 1.165) is 16.8 Å². The fraction of sp³-hybridized carbons (Fsp3) is 0. The monoisotopic (exact) mass is 252 g/mol. The maximum Gasteiger partial charge on any atom is 0.280 e. The zero-order chi connectivity index (χ0) is 11.7.